The van der Waals surface area contributed by atoms with Gasteiger partial charge in [0.25, 0.3) is 0 Å². The minimum atomic E-state index is -0.691. The molecule has 0 aliphatic carbocycles. The second kappa shape index (κ2) is 5.69. The van der Waals surface area contributed by atoms with Gasteiger partial charge in [-0.3, -0.25) is 0 Å². The van der Waals surface area contributed by atoms with Crippen molar-refractivity contribution in [3.05, 3.63) is 0 Å². The van der Waals surface area contributed by atoms with Crippen LogP contribution in [-0.4, -0.2) is 34.1 Å². The largest absolute Gasteiger partial charge is 0.386 e. The Hall–Kier alpha value is 0.880. The highest BCUT2D eigenvalue weighted by Gasteiger charge is 2.36. The molecule has 2 unspecified atom stereocenters. The van der Waals surface area contributed by atoms with Crippen molar-refractivity contribution in [2.45, 2.75) is 37.4 Å². The van der Waals surface area contributed by atoms with Crippen LogP contribution in [-0.2, 0) is 4.74 Å². The molecular formula is C9H16Br2O2. The fourth-order valence-electron chi connectivity index (χ4n) is 1.64. The van der Waals surface area contributed by atoms with Crippen LogP contribution in [0.25, 0.3) is 0 Å². The molecule has 2 nitrogen and oxygen atoms in total. The summed E-state index contributed by atoms with van der Waals surface area (Å²) in [5.41, 5.74) is -0.691. The molecule has 0 aromatic heterocycles. The second-order valence-electron chi connectivity index (χ2n) is 3.53. The molecule has 2 atom stereocenters. The van der Waals surface area contributed by atoms with Crippen LogP contribution in [0.4, 0.5) is 0 Å². The van der Waals surface area contributed by atoms with Gasteiger partial charge >= 0.3 is 0 Å². The van der Waals surface area contributed by atoms with Gasteiger partial charge in [-0.05, 0) is 25.7 Å². The lowest BCUT2D eigenvalue weighted by molar-refractivity contribution is -0.114. The van der Waals surface area contributed by atoms with Gasteiger partial charge < -0.3 is 9.84 Å². The third kappa shape index (κ3) is 3.18. The van der Waals surface area contributed by atoms with E-state index in [4.69, 9.17) is 4.74 Å². The number of rotatable bonds is 4. The molecule has 78 valence electrons. The van der Waals surface area contributed by atoms with Gasteiger partial charge in [0.2, 0.25) is 0 Å². The molecule has 1 aliphatic heterocycles. The van der Waals surface area contributed by atoms with Crippen molar-refractivity contribution >= 4 is 31.9 Å². The maximum atomic E-state index is 10.2. The molecule has 1 N–H and O–H groups in total. The first-order valence-corrected chi connectivity index (χ1v) is 6.93. The van der Waals surface area contributed by atoms with E-state index in [0.717, 1.165) is 31.2 Å². The quantitative estimate of drug-likeness (QED) is 0.808. The number of hydrogen-bond donors (Lipinski definition) is 1. The predicted molar refractivity (Wildman–Crippen MR) is 60.7 cm³/mol. The Bertz CT molecular complexity index is 149. The van der Waals surface area contributed by atoms with Crippen LogP contribution in [0.1, 0.15) is 25.7 Å². The molecule has 4 heteroatoms. The molecule has 0 saturated carbocycles. The number of hydrogen-bond acceptors (Lipinski definition) is 2. The van der Waals surface area contributed by atoms with Gasteiger partial charge in [0.1, 0.15) is 5.60 Å². The molecular weight excluding hydrogens is 300 g/mol. The molecule has 13 heavy (non-hydrogen) atoms. The number of alkyl halides is 2. The average Bonchev–Trinajstić information content (AvgIpc) is 2.19. The molecule has 1 fully saturated rings. The zero-order valence-corrected chi connectivity index (χ0v) is 10.8. The molecule has 0 bridgehead atoms. The van der Waals surface area contributed by atoms with Crippen molar-refractivity contribution in [1.29, 1.82) is 0 Å². The zero-order chi connectivity index (χ0) is 9.73. The Morgan fingerprint density at radius 2 is 2.15 bits per heavy atom. The second-order valence-corrected chi connectivity index (χ2v) is 4.89. The maximum Gasteiger partial charge on any atom is 0.101 e. The summed E-state index contributed by atoms with van der Waals surface area (Å²) in [6, 6.07) is 0. The Morgan fingerprint density at radius 1 is 1.38 bits per heavy atom. The molecule has 1 saturated heterocycles. The van der Waals surface area contributed by atoms with E-state index in [1.807, 2.05) is 0 Å². The van der Waals surface area contributed by atoms with Gasteiger partial charge in [-0.1, -0.05) is 31.9 Å². The average molecular weight is 316 g/mol. The first-order valence-electron chi connectivity index (χ1n) is 4.69. The monoisotopic (exact) mass is 314 g/mol. The summed E-state index contributed by atoms with van der Waals surface area (Å²) in [6.07, 6.45) is 4.03. The van der Waals surface area contributed by atoms with E-state index in [0.29, 0.717) is 5.33 Å². The summed E-state index contributed by atoms with van der Waals surface area (Å²) < 4.78 is 5.59. The van der Waals surface area contributed by atoms with Crippen LogP contribution >= 0.6 is 31.9 Å². The van der Waals surface area contributed by atoms with Crippen LogP contribution in [0.3, 0.4) is 0 Å². The Morgan fingerprint density at radius 3 is 2.62 bits per heavy atom. The van der Waals surface area contributed by atoms with Crippen molar-refractivity contribution < 1.29 is 9.84 Å². The smallest absolute Gasteiger partial charge is 0.101 e. The van der Waals surface area contributed by atoms with Crippen molar-refractivity contribution in [2.24, 2.45) is 0 Å². The van der Waals surface area contributed by atoms with Crippen molar-refractivity contribution in [3.8, 4) is 0 Å². The van der Waals surface area contributed by atoms with Gasteiger partial charge in [0.15, 0.2) is 0 Å². The molecule has 0 aromatic carbocycles. The highest BCUT2D eigenvalue weighted by molar-refractivity contribution is 9.09. The SMILES string of the molecule is OC(CBr)(CCBr)C1CCCCO1. The highest BCUT2D eigenvalue weighted by atomic mass is 79.9. The summed E-state index contributed by atoms with van der Waals surface area (Å²) in [6.45, 7) is 0.794. The number of aliphatic hydroxyl groups is 1. The van der Waals surface area contributed by atoms with Crippen LogP contribution in [0.15, 0.2) is 0 Å². The van der Waals surface area contributed by atoms with Crippen LogP contribution in [0.5, 0.6) is 0 Å². The minimum absolute atomic E-state index is 0.0122. The third-order valence-electron chi connectivity index (χ3n) is 2.54. The topological polar surface area (TPSA) is 29.5 Å². The van der Waals surface area contributed by atoms with Crippen molar-refractivity contribution in [1.82, 2.24) is 0 Å². The van der Waals surface area contributed by atoms with E-state index in [1.54, 1.807) is 0 Å². The van der Waals surface area contributed by atoms with E-state index >= 15 is 0 Å². The van der Waals surface area contributed by atoms with Crippen LogP contribution < -0.4 is 0 Å². The summed E-state index contributed by atoms with van der Waals surface area (Å²) >= 11 is 6.71. The number of halogens is 2. The molecule has 0 spiro atoms. The van der Waals surface area contributed by atoms with Crippen LogP contribution in [0.2, 0.25) is 0 Å². The normalized spacial score (nSPS) is 28.4. The maximum absolute atomic E-state index is 10.2. The van der Waals surface area contributed by atoms with E-state index in [1.165, 1.54) is 6.42 Å². The third-order valence-corrected chi connectivity index (χ3v) is 3.91. The molecule has 1 aliphatic rings. The minimum Gasteiger partial charge on any atom is -0.386 e. The fourth-order valence-corrected chi connectivity index (χ4v) is 2.97. The molecule has 0 radical (unpaired) electrons. The Balaban J connectivity index is 2.51. The summed E-state index contributed by atoms with van der Waals surface area (Å²) in [4.78, 5) is 0. The van der Waals surface area contributed by atoms with Crippen molar-refractivity contribution in [3.63, 3.8) is 0 Å². The lowest BCUT2D eigenvalue weighted by Gasteiger charge is -2.36. The standard InChI is InChI=1S/C9H16Br2O2/c10-5-4-9(12,7-11)8-3-1-2-6-13-8/h8,12H,1-7H2. The summed E-state index contributed by atoms with van der Waals surface area (Å²) in [5, 5.41) is 11.7. The lowest BCUT2D eigenvalue weighted by atomic mass is 9.90. The first-order chi connectivity index (χ1) is 6.23. The lowest BCUT2D eigenvalue weighted by Crippen LogP contribution is -2.47. The highest BCUT2D eigenvalue weighted by Crippen LogP contribution is 2.28. The molecule has 0 amide bonds. The van der Waals surface area contributed by atoms with Gasteiger partial charge in [0.05, 0.1) is 6.10 Å². The van der Waals surface area contributed by atoms with Gasteiger partial charge in [-0.25, -0.2) is 0 Å². The summed E-state index contributed by atoms with van der Waals surface area (Å²) in [7, 11) is 0. The van der Waals surface area contributed by atoms with Crippen molar-refractivity contribution in [2.75, 3.05) is 17.3 Å². The molecule has 0 aromatic rings. The zero-order valence-electron chi connectivity index (χ0n) is 7.64. The van der Waals surface area contributed by atoms with E-state index in [9.17, 15) is 5.11 Å². The van der Waals surface area contributed by atoms with Crippen LogP contribution in [0, 0.1) is 0 Å². The Kier molecular flexibility index (Phi) is 5.23. The van der Waals surface area contributed by atoms with Gasteiger partial charge in [-0.2, -0.15) is 0 Å². The molecule has 1 rings (SSSR count). The Labute approximate surface area is 96.3 Å². The van der Waals surface area contributed by atoms with E-state index in [2.05, 4.69) is 31.9 Å². The predicted octanol–water partition coefficient (Wildman–Crippen LogP) is 2.47. The number of ether oxygens (including phenoxy) is 1. The van der Waals surface area contributed by atoms with E-state index in [-0.39, 0.29) is 6.10 Å². The van der Waals surface area contributed by atoms with E-state index < -0.39 is 5.60 Å². The summed E-state index contributed by atoms with van der Waals surface area (Å²) in [5.74, 6) is 0. The van der Waals surface area contributed by atoms with Gasteiger partial charge in [-0.15, -0.1) is 0 Å². The fraction of sp³-hybridized carbons (Fsp3) is 1.00. The van der Waals surface area contributed by atoms with Gasteiger partial charge in [0, 0.05) is 17.3 Å². The molecule has 1 heterocycles. The first kappa shape index (κ1) is 12.0.